The molecule has 0 fully saturated rings. The van der Waals surface area contributed by atoms with Crippen LogP contribution in [0.15, 0.2) is 53.6 Å². The molecule has 0 aliphatic carbocycles. The van der Waals surface area contributed by atoms with Crippen LogP contribution in [0.25, 0.3) is 0 Å². The van der Waals surface area contributed by atoms with Crippen molar-refractivity contribution in [3.05, 3.63) is 62.7 Å². The molecule has 2 rings (SSSR count). The molecule has 2 aromatic carbocycles. The Kier molecular flexibility index (Phi) is 6.01. The number of hydrogen-bond donors (Lipinski definition) is 1. The molecule has 108 valence electrons. The lowest BCUT2D eigenvalue weighted by Crippen LogP contribution is -2.24. The first-order valence-electron chi connectivity index (χ1n) is 6.10. The van der Waals surface area contributed by atoms with Gasteiger partial charge in [0.05, 0.1) is 6.21 Å². The highest BCUT2D eigenvalue weighted by Crippen LogP contribution is 2.13. The minimum absolute atomic E-state index is 0.0968. The van der Waals surface area contributed by atoms with Gasteiger partial charge in [-0.2, -0.15) is 5.10 Å². The first kappa shape index (κ1) is 15.8. The molecule has 0 saturated heterocycles. The fourth-order valence-corrected chi connectivity index (χ4v) is 2.01. The van der Waals surface area contributed by atoms with E-state index in [4.69, 9.17) is 16.3 Å². The highest BCUT2D eigenvalue weighted by Gasteiger charge is 2.01. The standard InChI is InChI=1S/C15H12ClIN2O2/c16-14-4-2-1-3-11(14)9-18-19-15(20)10-21-13-7-5-12(17)6-8-13/h1-9H,10H2,(H,19,20)/b18-9+. The number of benzene rings is 2. The van der Waals surface area contributed by atoms with Gasteiger partial charge in [-0.3, -0.25) is 4.79 Å². The molecule has 0 heterocycles. The van der Waals surface area contributed by atoms with E-state index in [9.17, 15) is 4.79 Å². The van der Waals surface area contributed by atoms with Crippen LogP contribution in [0.1, 0.15) is 5.56 Å². The topological polar surface area (TPSA) is 50.7 Å². The normalized spacial score (nSPS) is 10.6. The average Bonchev–Trinajstić information content (AvgIpc) is 2.49. The molecule has 0 bridgehead atoms. The van der Waals surface area contributed by atoms with E-state index in [1.165, 1.54) is 6.21 Å². The van der Waals surface area contributed by atoms with E-state index in [2.05, 4.69) is 33.1 Å². The number of amides is 1. The maximum Gasteiger partial charge on any atom is 0.277 e. The van der Waals surface area contributed by atoms with Crippen molar-refractivity contribution in [1.82, 2.24) is 5.43 Å². The van der Waals surface area contributed by atoms with Crippen LogP contribution in [-0.2, 0) is 4.79 Å². The molecule has 0 aliphatic rings. The summed E-state index contributed by atoms with van der Waals surface area (Å²) in [6, 6.07) is 14.7. The van der Waals surface area contributed by atoms with Crippen LogP contribution in [-0.4, -0.2) is 18.7 Å². The summed E-state index contributed by atoms with van der Waals surface area (Å²) >= 11 is 8.16. The van der Waals surface area contributed by atoms with E-state index in [0.717, 1.165) is 9.13 Å². The van der Waals surface area contributed by atoms with Crippen LogP contribution in [0, 0.1) is 3.57 Å². The molecular weight excluding hydrogens is 403 g/mol. The van der Waals surface area contributed by atoms with Crippen molar-refractivity contribution in [3.8, 4) is 5.75 Å². The van der Waals surface area contributed by atoms with Crippen molar-refractivity contribution in [3.63, 3.8) is 0 Å². The van der Waals surface area contributed by atoms with Gasteiger partial charge in [0.2, 0.25) is 0 Å². The second kappa shape index (κ2) is 7.99. The lowest BCUT2D eigenvalue weighted by atomic mass is 10.2. The predicted molar refractivity (Wildman–Crippen MR) is 91.8 cm³/mol. The molecule has 0 aliphatic heterocycles. The third kappa shape index (κ3) is 5.35. The molecule has 0 radical (unpaired) electrons. The zero-order valence-corrected chi connectivity index (χ0v) is 13.8. The molecule has 2 aromatic rings. The quantitative estimate of drug-likeness (QED) is 0.463. The number of carbonyl (C=O) groups is 1. The summed E-state index contributed by atoms with van der Waals surface area (Å²) in [5, 5.41) is 4.41. The molecule has 1 amide bonds. The summed E-state index contributed by atoms with van der Waals surface area (Å²) in [6.07, 6.45) is 1.49. The first-order chi connectivity index (χ1) is 10.1. The molecule has 0 atom stereocenters. The molecule has 0 aromatic heterocycles. The van der Waals surface area contributed by atoms with Crippen molar-refractivity contribution < 1.29 is 9.53 Å². The van der Waals surface area contributed by atoms with Gasteiger partial charge < -0.3 is 4.74 Å². The maximum atomic E-state index is 11.6. The zero-order chi connectivity index (χ0) is 15.1. The Bertz CT molecular complexity index is 644. The summed E-state index contributed by atoms with van der Waals surface area (Å²) in [5.41, 5.74) is 3.12. The van der Waals surface area contributed by atoms with Crippen molar-refractivity contribution in [2.75, 3.05) is 6.61 Å². The minimum atomic E-state index is -0.336. The van der Waals surface area contributed by atoms with E-state index >= 15 is 0 Å². The largest absolute Gasteiger partial charge is 0.484 e. The number of nitrogens with one attached hydrogen (secondary N) is 1. The Hall–Kier alpha value is -1.60. The Morgan fingerprint density at radius 1 is 1.24 bits per heavy atom. The van der Waals surface area contributed by atoms with Crippen molar-refractivity contribution in [1.29, 1.82) is 0 Å². The van der Waals surface area contributed by atoms with Crippen LogP contribution in [0.3, 0.4) is 0 Å². The molecule has 0 saturated carbocycles. The Balaban J connectivity index is 1.80. The van der Waals surface area contributed by atoms with E-state index in [1.54, 1.807) is 12.1 Å². The highest BCUT2D eigenvalue weighted by atomic mass is 127. The molecule has 1 N–H and O–H groups in total. The maximum absolute atomic E-state index is 11.6. The summed E-state index contributed by atoms with van der Waals surface area (Å²) in [7, 11) is 0. The van der Waals surface area contributed by atoms with Crippen LogP contribution >= 0.6 is 34.2 Å². The van der Waals surface area contributed by atoms with Crippen molar-refractivity contribution in [2.24, 2.45) is 5.10 Å². The number of halogens is 2. The Morgan fingerprint density at radius 2 is 1.95 bits per heavy atom. The highest BCUT2D eigenvalue weighted by molar-refractivity contribution is 14.1. The zero-order valence-electron chi connectivity index (χ0n) is 10.9. The number of rotatable bonds is 5. The smallest absolute Gasteiger partial charge is 0.277 e. The van der Waals surface area contributed by atoms with Gasteiger partial charge in [0.15, 0.2) is 6.61 Å². The van der Waals surface area contributed by atoms with Gasteiger partial charge in [-0.25, -0.2) is 5.43 Å². The molecular formula is C15H12ClIN2O2. The first-order valence-corrected chi connectivity index (χ1v) is 7.55. The number of hydrogen-bond acceptors (Lipinski definition) is 3. The summed E-state index contributed by atoms with van der Waals surface area (Å²) in [4.78, 5) is 11.6. The molecule has 4 nitrogen and oxygen atoms in total. The van der Waals surface area contributed by atoms with Crippen molar-refractivity contribution >= 4 is 46.3 Å². The monoisotopic (exact) mass is 414 g/mol. The van der Waals surface area contributed by atoms with Crippen molar-refractivity contribution in [2.45, 2.75) is 0 Å². The van der Waals surface area contributed by atoms with Crippen LogP contribution in [0.4, 0.5) is 0 Å². The lowest BCUT2D eigenvalue weighted by Gasteiger charge is -2.04. The van der Waals surface area contributed by atoms with Gasteiger partial charge in [0.1, 0.15) is 5.75 Å². The number of ether oxygens (including phenoxy) is 1. The van der Waals surface area contributed by atoms with Crippen LogP contribution in [0.2, 0.25) is 5.02 Å². The minimum Gasteiger partial charge on any atom is -0.484 e. The second-order valence-electron chi connectivity index (χ2n) is 4.06. The Morgan fingerprint density at radius 3 is 2.67 bits per heavy atom. The average molecular weight is 415 g/mol. The predicted octanol–water partition coefficient (Wildman–Crippen LogP) is 3.47. The van der Waals surface area contributed by atoms with E-state index in [1.807, 2.05) is 36.4 Å². The van der Waals surface area contributed by atoms with E-state index in [-0.39, 0.29) is 12.5 Å². The summed E-state index contributed by atoms with van der Waals surface area (Å²) < 4.78 is 6.44. The number of hydrazone groups is 1. The third-order valence-electron chi connectivity index (χ3n) is 2.48. The van der Waals surface area contributed by atoms with E-state index < -0.39 is 0 Å². The SMILES string of the molecule is O=C(COc1ccc(I)cc1)N/N=C/c1ccccc1Cl. The summed E-state index contributed by atoms with van der Waals surface area (Å²) in [5.74, 6) is 0.303. The third-order valence-corrected chi connectivity index (χ3v) is 3.55. The van der Waals surface area contributed by atoms with Gasteiger partial charge in [-0.15, -0.1) is 0 Å². The van der Waals surface area contributed by atoms with Crippen LogP contribution in [0.5, 0.6) is 5.75 Å². The van der Waals surface area contributed by atoms with Crippen LogP contribution < -0.4 is 10.2 Å². The fourth-order valence-electron chi connectivity index (χ4n) is 1.47. The number of nitrogens with zero attached hydrogens (tertiary/aromatic N) is 1. The van der Waals surface area contributed by atoms with E-state index in [0.29, 0.717) is 10.8 Å². The molecule has 21 heavy (non-hydrogen) atoms. The fraction of sp³-hybridized carbons (Fsp3) is 0.0667. The van der Waals surface area contributed by atoms with Gasteiger partial charge >= 0.3 is 0 Å². The van der Waals surface area contributed by atoms with Gasteiger partial charge in [-0.05, 0) is 52.9 Å². The molecule has 6 heteroatoms. The molecule has 0 spiro atoms. The second-order valence-corrected chi connectivity index (χ2v) is 5.71. The lowest BCUT2D eigenvalue weighted by molar-refractivity contribution is -0.123. The Labute approximate surface area is 141 Å². The van der Waals surface area contributed by atoms with Gasteiger partial charge in [-0.1, -0.05) is 29.8 Å². The summed E-state index contributed by atoms with van der Waals surface area (Å²) in [6.45, 7) is -0.0968. The van der Waals surface area contributed by atoms with Gasteiger partial charge in [0, 0.05) is 14.2 Å². The number of carbonyl (C=O) groups excluding carboxylic acids is 1. The van der Waals surface area contributed by atoms with Gasteiger partial charge in [0.25, 0.3) is 5.91 Å². The molecule has 0 unspecified atom stereocenters.